The maximum atomic E-state index is 12.7. The molecule has 0 spiro atoms. The highest BCUT2D eigenvalue weighted by Crippen LogP contribution is 2.32. The number of likely N-dealkylation sites (tertiary alicyclic amines) is 1. The molecule has 13 heteroatoms. The molecule has 0 bridgehead atoms. The number of amides is 2. The van der Waals surface area contributed by atoms with Crippen LogP contribution in [-0.4, -0.2) is 52.6 Å². The molecule has 0 saturated carbocycles. The van der Waals surface area contributed by atoms with Crippen molar-refractivity contribution in [1.82, 2.24) is 20.4 Å². The highest BCUT2D eigenvalue weighted by molar-refractivity contribution is 5.95. The first-order valence-corrected chi connectivity index (χ1v) is 11.5. The van der Waals surface area contributed by atoms with Crippen LogP contribution >= 0.6 is 0 Å². The molecule has 1 aromatic heterocycles. The molecule has 3 aromatic rings. The first kappa shape index (κ1) is 27.0. The SMILES string of the molecule is O=C(NCC(=O)N1CCC(Oc2ccc(C(F)(F)F)cc2)CC1)c1cc(-c2ccc(C(F)(F)F)cc2)n[nH]1. The van der Waals surface area contributed by atoms with E-state index in [1.807, 2.05) is 0 Å². The summed E-state index contributed by atoms with van der Waals surface area (Å²) in [4.78, 5) is 26.5. The Labute approximate surface area is 212 Å². The van der Waals surface area contributed by atoms with Crippen LogP contribution in [0.5, 0.6) is 5.75 Å². The molecule has 2 heterocycles. The number of aromatic amines is 1. The summed E-state index contributed by atoms with van der Waals surface area (Å²) in [5.41, 5.74) is -0.880. The number of benzene rings is 2. The molecule has 1 aliphatic heterocycles. The number of carbonyl (C=O) groups is 2. The molecule has 1 saturated heterocycles. The summed E-state index contributed by atoms with van der Waals surface area (Å²) in [6.07, 6.45) is -8.21. The second kappa shape index (κ2) is 10.8. The Morgan fingerprint density at radius 1 is 0.921 bits per heavy atom. The lowest BCUT2D eigenvalue weighted by Crippen LogP contribution is -2.46. The zero-order valence-corrected chi connectivity index (χ0v) is 19.7. The average molecular weight is 540 g/mol. The minimum Gasteiger partial charge on any atom is -0.490 e. The van der Waals surface area contributed by atoms with Crippen LogP contribution in [0.15, 0.2) is 54.6 Å². The fourth-order valence-electron chi connectivity index (χ4n) is 3.92. The molecule has 0 unspecified atom stereocenters. The van der Waals surface area contributed by atoms with Gasteiger partial charge in [-0.15, -0.1) is 0 Å². The summed E-state index contributed by atoms with van der Waals surface area (Å²) in [7, 11) is 0. The molecule has 2 aromatic carbocycles. The number of hydrogen-bond acceptors (Lipinski definition) is 4. The van der Waals surface area contributed by atoms with Crippen LogP contribution < -0.4 is 10.1 Å². The summed E-state index contributed by atoms with van der Waals surface area (Å²) >= 11 is 0. The minimum atomic E-state index is -4.46. The van der Waals surface area contributed by atoms with Crippen LogP contribution in [0.3, 0.4) is 0 Å². The van der Waals surface area contributed by atoms with E-state index in [2.05, 4.69) is 15.5 Å². The van der Waals surface area contributed by atoms with Crippen LogP contribution in [0.25, 0.3) is 11.3 Å². The number of halogens is 6. The quantitative estimate of drug-likeness (QED) is 0.435. The summed E-state index contributed by atoms with van der Waals surface area (Å²) in [6.45, 7) is 0.419. The number of alkyl halides is 6. The van der Waals surface area contributed by atoms with E-state index in [0.717, 1.165) is 24.3 Å². The summed E-state index contributed by atoms with van der Waals surface area (Å²) in [6, 6.07) is 10.1. The van der Waals surface area contributed by atoms with Gasteiger partial charge >= 0.3 is 12.4 Å². The topological polar surface area (TPSA) is 87.3 Å². The van der Waals surface area contributed by atoms with E-state index >= 15 is 0 Å². The number of nitrogens with one attached hydrogen (secondary N) is 2. The molecule has 7 nitrogen and oxygen atoms in total. The van der Waals surface area contributed by atoms with Crippen molar-refractivity contribution in [3.63, 3.8) is 0 Å². The fourth-order valence-corrected chi connectivity index (χ4v) is 3.92. The van der Waals surface area contributed by atoms with Crippen molar-refractivity contribution in [2.75, 3.05) is 19.6 Å². The molecule has 1 aliphatic rings. The average Bonchev–Trinajstić information content (AvgIpc) is 3.37. The number of rotatable bonds is 6. The Morgan fingerprint density at radius 2 is 1.47 bits per heavy atom. The number of carbonyl (C=O) groups excluding carboxylic acids is 2. The van der Waals surface area contributed by atoms with Gasteiger partial charge in [0.1, 0.15) is 17.5 Å². The predicted octanol–water partition coefficient (Wildman–Crippen LogP) is 4.91. The molecular formula is C25H22F6N4O3. The third-order valence-electron chi connectivity index (χ3n) is 6.01. The molecule has 0 radical (unpaired) electrons. The Balaban J connectivity index is 1.23. The van der Waals surface area contributed by atoms with Gasteiger partial charge in [-0.3, -0.25) is 14.7 Å². The molecule has 0 aliphatic carbocycles. The van der Waals surface area contributed by atoms with E-state index in [4.69, 9.17) is 4.74 Å². The maximum Gasteiger partial charge on any atom is 0.416 e. The van der Waals surface area contributed by atoms with Crippen molar-refractivity contribution in [3.05, 3.63) is 71.4 Å². The molecule has 2 amide bonds. The molecular weight excluding hydrogens is 518 g/mol. The second-order valence-electron chi connectivity index (χ2n) is 8.64. The standard InChI is InChI=1S/C25H22F6N4O3/c26-24(27,28)16-3-1-15(2-4-16)20-13-21(34-33-20)23(37)32-14-22(36)35-11-9-19(10-12-35)38-18-7-5-17(6-8-18)25(29,30)31/h1-8,13,19H,9-12,14H2,(H,32,37)(H,33,34). The molecule has 0 atom stereocenters. The Bertz CT molecular complexity index is 1260. The van der Waals surface area contributed by atoms with Crippen LogP contribution in [0.1, 0.15) is 34.5 Å². The van der Waals surface area contributed by atoms with Gasteiger partial charge in [0.25, 0.3) is 5.91 Å². The molecule has 4 rings (SSSR count). The number of hydrogen-bond donors (Lipinski definition) is 2. The van der Waals surface area contributed by atoms with Gasteiger partial charge in [-0.1, -0.05) is 12.1 Å². The van der Waals surface area contributed by atoms with Crippen LogP contribution in [0, 0.1) is 0 Å². The van der Waals surface area contributed by atoms with Gasteiger partial charge in [-0.2, -0.15) is 31.4 Å². The number of H-pyrrole nitrogens is 1. The van der Waals surface area contributed by atoms with Crippen molar-refractivity contribution < 1.29 is 40.7 Å². The maximum absolute atomic E-state index is 12.7. The molecule has 1 fully saturated rings. The number of nitrogens with zero attached hydrogens (tertiary/aromatic N) is 2. The van der Waals surface area contributed by atoms with E-state index in [9.17, 15) is 35.9 Å². The van der Waals surface area contributed by atoms with Crippen molar-refractivity contribution >= 4 is 11.8 Å². The largest absolute Gasteiger partial charge is 0.490 e. The van der Waals surface area contributed by atoms with E-state index in [1.54, 1.807) is 4.90 Å². The number of piperidine rings is 1. The van der Waals surface area contributed by atoms with Crippen LogP contribution in [0.4, 0.5) is 26.3 Å². The second-order valence-corrected chi connectivity index (χ2v) is 8.64. The monoisotopic (exact) mass is 540 g/mol. The van der Waals surface area contributed by atoms with Crippen LogP contribution in [0.2, 0.25) is 0 Å². The van der Waals surface area contributed by atoms with Gasteiger partial charge in [0.05, 0.1) is 23.4 Å². The van der Waals surface area contributed by atoms with E-state index in [-0.39, 0.29) is 29.9 Å². The lowest BCUT2D eigenvalue weighted by Gasteiger charge is -2.32. The van der Waals surface area contributed by atoms with Crippen molar-refractivity contribution in [2.24, 2.45) is 0 Å². The smallest absolute Gasteiger partial charge is 0.416 e. The minimum absolute atomic E-state index is 0.0383. The highest BCUT2D eigenvalue weighted by atomic mass is 19.4. The lowest BCUT2D eigenvalue weighted by molar-refractivity contribution is -0.138. The zero-order valence-electron chi connectivity index (χ0n) is 19.7. The van der Waals surface area contributed by atoms with Crippen molar-refractivity contribution in [1.29, 1.82) is 0 Å². The normalized spacial score (nSPS) is 14.8. The predicted molar refractivity (Wildman–Crippen MR) is 123 cm³/mol. The number of aromatic nitrogens is 2. The molecule has 38 heavy (non-hydrogen) atoms. The Kier molecular flexibility index (Phi) is 7.65. The van der Waals surface area contributed by atoms with Crippen molar-refractivity contribution in [3.8, 4) is 17.0 Å². The zero-order chi connectivity index (χ0) is 27.5. The van der Waals surface area contributed by atoms with E-state index < -0.39 is 29.4 Å². The highest BCUT2D eigenvalue weighted by Gasteiger charge is 2.31. The van der Waals surface area contributed by atoms with Gasteiger partial charge < -0.3 is 15.0 Å². The van der Waals surface area contributed by atoms with Gasteiger partial charge in [0.2, 0.25) is 5.91 Å². The fraction of sp³-hybridized carbons (Fsp3) is 0.320. The van der Waals surface area contributed by atoms with Gasteiger partial charge in [0.15, 0.2) is 0 Å². The summed E-state index contributed by atoms with van der Waals surface area (Å²) in [5.74, 6) is -0.622. The first-order valence-electron chi connectivity index (χ1n) is 11.5. The third-order valence-corrected chi connectivity index (χ3v) is 6.01. The van der Waals surface area contributed by atoms with Crippen molar-refractivity contribution in [2.45, 2.75) is 31.3 Å². The number of ether oxygens (including phenoxy) is 1. The van der Waals surface area contributed by atoms with Crippen LogP contribution in [-0.2, 0) is 17.1 Å². The summed E-state index contributed by atoms with van der Waals surface area (Å²) in [5, 5.41) is 8.93. The third kappa shape index (κ3) is 6.64. The van der Waals surface area contributed by atoms with Gasteiger partial charge in [0, 0.05) is 31.5 Å². The van der Waals surface area contributed by atoms with Gasteiger partial charge in [-0.25, -0.2) is 0 Å². The Morgan fingerprint density at radius 3 is 2.03 bits per heavy atom. The van der Waals surface area contributed by atoms with E-state index in [1.165, 1.54) is 30.3 Å². The summed E-state index contributed by atoms with van der Waals surface area (Å²) < 4.78 is 82.0. The molecule has 202 valence electrons. The Hall–Kier alpha value is -4.03. The molecule has 2 N–H and O–H groups in total. The van der Waals surface area contributed by atoms with E-state index in [0.29, 0.717) is 37.2 Å². The first-order chi connectivity index (χ1) is 17.9. The van der Waals surface area contributed by atoms with Gasteiger partial charge in [-0.05, 0) is 42.5 Å². The lowest BCUT2D eigenvalue weighted by atomic mass is 10.1.